The summed E-state index contributed by atoms with van der Waals surface area (Å²) in [6.07, 6.45) is 0.881. The fourth-order valence-electron chi connectivity index (χ4n) is 3.13. The lowest BCUT2D eigenvalue weighted by Gasteiger charge is -2.22. The molecule has 4 rings (SSSR count). The summed E-state index contributed by atoms with van der Waals surface area (Å²) in [6, 6.07) is 13.5. The predicted molar refractivity (Wildman–Crippen MR) is 85.2 cm³/mol. The van der Waals surface area contributed by atoms with Crippen molar-refractivity contribution >= 4 is 11.6 Å². The van der Waals surface area contributed by atoms with Gasteiger partial charge in [0.15, 0.2) is 18.1 Å². The van der Waals surface area contributed by atoms with Gasteiger partial charge in [-0.1, -0.05) is 18.2 Å². The summed E-state index contributed by atoms with van der Waals surface area (Å²) in [4.78, 5) is 14.4. The number of ether oxygens (including phenoxy) is 3. The van der Waals surface area contributed by atoms with E-state index in [9.17, 15) is 4.79 Å². The average molecular weight is 311 g/mol. The lowest BCUT2D eigenvalue weighted by atomic mass is 10.1. The fourth-order valence-corrected chi connectivity index (χ4v) is 3.13. The van der Waals surface area contributed by atoms with E-state index in [0.29, 0.717) is 17.2 Å². The van der Waals surface area contributed by atoms with Crippen LogP contribution in [0.1, 0.15) is 12.5 Å². The van der Waals surface area contributed by atoms with Gasteiger partial charge in [0, 0.05) is 17.8 Å². The van der Waals surface area contributed by atoms with Gasteiger partial charge < -0.3 is 19.1 Å². The maximum atomic E-state index is 12.6. The zero-order chi connectivity index (χ0) is 15.8. The van der Waals surface area contributed by atoms with Crippen LogP contribution in [0.4, 0.5) is 5.69 Å². The Bertz CT molecular complexity index is 758. The first-order valence-corrected chi connectivity index (χ1v) is 7.65. The SMILES string of the molecule is C[C@H]1Cc2ccccc2N1C(=O)COc1ccc2c(c1)OCO2. The second-order valence-corrected chi connectivity index (χ2v) is 5.75. The highest BCUT2D eigenvalue weighted by Gasteiger charge is 2.30. The van der Waals surface area contributed by atoms with E-state index in [0.717, 1.165) is 12.1 Å². The van der Waals surface area contributed by atoms with Crippen molar-refractivity contribution in [3.63, 3.8) is 0 Å². The Hall–Kier alpha value is -2.69. The van der Waals surface area contributed by atoms with E-state index < -0.39 is 0 Å². The lowest BCUT2D eigenvalue weighted by molar-refractivity contribution is -0.120. The molecule has 0 N–H and O–H groups in total. The van der Waals surface area contributed by atoms with Crippen molar-refractivity contribution in [1.29, 1.82) is 0 Å². The van der Waals surface area contributed by atoms with Crippen LogP contribution >= 0.6 is 0 Å². The number of fused-ring (bicyclic) bond motifs is 2. The van der Waals surface area contributed by atoms with Gasteiger partial charge >= 0.3 is 0 Å². The Kier molecular flexibility index (Phi) is 3.33. The number of hydrogen-bond acceptors (Lipinski definition) is 4. The molecular formula is C18H17NO4. The Morgan fingerprint density at radius 2 is 2.04 bits per heavy atom. The molecule has 0 aliphatic carbocycles. The van der Waals surface area contributed by atoms with Gasteiger partial charge in [-0.05, 0) is 37.1 Å². The third-order valence-corrected chi connectivity index (χ3v) is 4.18. The summed E-state index contributed by atoms with van der Waals surface area (Å²) < 4.78 is 16.2. The molecule has 0 saturated carbocycles. The molecule has 0 saturated heterocycles. The van der Waals surface area contributed by atoms with Crippen molar-refractivity contribution in [2.75, 3.05) is 18.3 Å². The summed E-state index contributed by atoms with van der Waals surface area (Å²) >= 11 is 0. The first-order valence-electron chi connectivity index (χ1n) is 7.65. The van der Waals surface area contributed by atoms with E-state index in [1.54, 1.807) is 18.2 Å². The van der Waals surface area contributed by atoms with Gasteiger partial charge in [-0.3, -0.25) is 4.79 Å². The fraction of sp³-hybridized carbons (Fsp3) is 0.278. The molecule has 5 nitrogen and oxygen atoms in total. The van der Waals surface area contributed by atoms with Gasteiger partial charge in [0.05, 0.1) is 0 Å². The summed E-state index contributed by atoms with van der Waals surface area (Å²) in [5.74, 6) is 1.91. The molecule has 23 heavy (non-hydrogen) atoms. The molecule has 0 radical (unpaired) electrons. The monoisotopic (exact) mass is 311 g/mol. The van der Waals surface area contributed by atoms with Crippen molar-refractivity contribution in [2.45, 2.75) is 19.4 Å². The van der Waals surface area contributed by atoms with E-state index in [1.807, 2.05) is 23.1 Å². The Labute approximate surface area is 134 Å². The first-order chi connectivity index (χ1) is 11.2. The number of nitrogens with zero attached hydrogens (tertiary/aromatic N) is 1. The van der Waals surface area contributed by atoms with E-state index in [-0.39, 0.29) is 25.3 Å². The van der Waals surface area contributed by atoms with Crippen molar-refractivity contribution in [3.8, 4) is 17.2 Å². The van der Waals surface area contributed by atoms with Crippen LogP contribution < -0.4 is 19.1 Å². The van der Waals surface area contributed by atoms with Crippen molar-refractivity contribution in [2.24, 2.45) is 0 Å². The molecule has 1 amide bonds. The zero-order valence-corrected chi connectivity index (χ0v) is 12.8. The maximum absolute atomic E-state index is 12.6. The number of anilines is 1. The van der Waals surface area contributed by atoms with Crippen molar-refractivity contribution < 1.29 is 19.0 Å². The van der Waals surface area contributed by atoms with Gasteiger partial charge in [-0.2, -0.15) is 0 Å². The van der Waals surface area contributed by atoms with Crippen LogP contribution in [-0.4, -0.2) is 25.3 Å². The number of carbonyl (C=O) groups excluding carboxylic acids is 1. The highest BCUT2D eigenvalue weighted by molar-refractivity contribution is 5.97. The van der Waals surface area contributed by atoms with Crippen LogP contribution in [0.25, 0.3) is 0 Å². The third kappa shape index (κ3) is 2.48. The topological polar surface area (TPSA) is 48.0 Å². The van der Waals surface area contributed by atoms with Crippen LogP contribution in [0.5, 0.6) is 17.2 Å². The van der Waals surface area contributed by atoms with Gasteiger partial charge in [0.25, 0.3) is 5.91 Å². The molecule has 0 bridgehead atoms. The molecule has 2 aliphatic heterocycles. The molecule has 2 heterocycles. The molecule has 2 aromatic rings. The van der Waals surface area contributed by atoms with Gasteiger partial charge in [0.2, 0.25) is 6.79 Å². The second kappa shape index (κ2) is 5.50. The Morgan fingerprint density at radius 3 is 2.96 bits per heavy atom. The maximum Gasteiger partial charge on any atom is 0.265 e. The summed E-state index contributed by atoms with van der Waals surface area (Å²) in [7, 11) is 0. The summed E-state index contributed by atoms with van der Waals surface area (Å²) in [5.41, 5.74) is 2.19. The van der Waals surface area contributed by atoms with Crippen molar-refractivity contribution in [1.82, 2.24) is 0 Å². The molecule has 118 valence electrons. The highest BCUT2D eigenvalue weighted by atomic mass is 16.7. The smallest absolute Gasteiger partial charge is 0.265 e. The van der Waals surface area contributed by atoms with Gasteiger partial charge in [-0.15, -0.1) is 0 Å². The summed E-state index contributed by atoms with van der Waals surface area (Å²) in [6.45, 7) is 2.27. The Morgan fingerprint density at radius 1 is 1.22 bits per heavy atom. The van der Waals surface area contributed by atoms with E-state index >= 15 is 0 Å². The van der Waals surface area contributed by atoms with Crippen LogP contribution in [-0.2, 0) is 11.2 Å². The number of para-hydroxylation sites is 1. The normalized spacial score (nSPS) is 18.0. The predicted octanol–water partition coefficient (Wildman–Crippen LogP) is 2.77. The quantitative estimate of drug-likeness (QED) is 0.874. The standard InChI is InChI=1S/C18H17NO4/c1-12-8-13-4-2-3-5-15(13)19(12)18(20)10-21-14-6-7-16-17(9-14)23-11-22-16/h2-7,9,12H,8,10-11H2,1H3/t12-/m0/s1. The lowest BCUT2D eigenvalue weighted by Crippen LogP contribution is -2.39. The van der Waals surface area contributed by atoms with Gasteiger partial charge in [-0.25, -0.2) is 0 Å². The minimum Gasteiger partial charge on any atom is -0.484 e. The van der Waals surface area contributed by atoms with Crippen LogP contribution in [0.15, 0.2) is 42.5 Å². The molecule has 0 fully saturated rings. The van der Waals surface area contributed by atoms with E-state index in [2.05, 4.69) is 13.0 Å². The van der Waals surface area contributed by atoms with E-state index in [4.69, 9.17) is 14.2 Å². The van der Waals surface area contributed by atoms with Crippen LogP contribution in [0, 0.1) is 0 Å². The Balaban J connectivity index is 1.46. The summed E-state index contributed by atoms with van der Waals surface area (Å²) in [5, 5.41) is 0. The molecular weight excluding hydrogens is 294 g/mol. The molecule has 0 spiro atoms. The largest absolute Gasteiger partial charge is 0.484 e. The third-order valence-electron chi connectivity index (χ3n) is 4.18. The van der Waals surface area contributed by atoms with Gasteiger partial charge in [0.1, 0.15) is 5.75 Å². The zero-order valence-electron chi connectivity index (χ0n) is 12.8. The molecule has 2 aromatic carbocycles. The average Bonchev–Trinajstić information content (AvgIpc) is 3.15. The molecule has 0 unspecified atom stereocenters. The number of rotatable bonds is 3. The van der Waals surface area contributed by atoms with Crippen LogP contribution in [0.2, 0.25) is 0 Å². The van der Waals surface area contributed by atoms with E-state index in [1.165, 1.54) is 5.56 Å². The molecule has 2 aliphatic rings. The molecule has 0 aromatic heterocycles. The number of amides is 1. The van der Waals surface area contributed by atoms with Crippen LogP contribution in [0.3, 0.4) is 0 Å². The number of benzene rings is 2. The highest BCUT2D eigenvalue weighted by Crippen LogP contribution is 2.35. The molecule has 5 heteroatoms. The number of carbonyl (C=O) groups is 1. The number of hydrogen-bond donors (Lipinski definition) is 0. The second-order valence-electron chi connectivity index (χ2n) is 5.75. The van der Waals surface area contributed by atoms with Crippen molar-refractivity contribution in [3.05, 3.63) is 48.0 Å². The molecule has 1 atom stereocenters. The minimum atomic E-state index is -0.0416. The minimum absolute atomic E-state index is 0.00167. The first kappa shape index (κ1) is 13.9.